The smallest absolute Gasteiger partial charge is 0.142 e. The van der Waals surface area contributed by atoms with Crippen molar-refractivity contribution in [3.63, 3.8) is 0 Å². The molecule has 1 N–H and O–H groups in total. The van der Waals surface area contributed by atoms with Gasteiger partial charge in [0.25, 0.3) is 0 Å². The summed E-state index contributed by atoms with van der Waals surface area (Å²) in [7, 11) is 0. The molecule has 146 valence electrons. The molecule has 0 radical (unpaired) electrons. The molecule has 1 unspecified atom stereocenters. The van der Waals surface area contributed by atoms with Gasteiger partial charge >= 0.3 is 0 Å². The molecule has 0 amide bonds. The zero-order valence-electron chi connectivity index (χ0n) is 16.3. The van der Waals surface area contributed by atoms with Gasteiger partial charge < -0.3 is 14.6 Å². The Morgan fingerprint density at radius 2 is 1.79 bits per heavy atom. The molecular weight excluding hydrogens is 362 g/mol. The van der Waals surface area contributed by atoms with Crippen molar-refractivity contribution in [2.24, 2.45) is 0 Å². The van der Waals surface area contributed by atoms with E-state index in [1.165, 1.54) is 5.56 Å². The van der Waals surface area contributed by atoms with E-state index in [2.05, 4.69) is 48.2 Å². The van der Waals surface area contributed by atoms with Crippen LogP contribution in [0.4, 0.5) is 0 Å². The van der Waals surface area contributed by atoms with Gasteiger partial charge in [-0.15, -0.1) is 0 Å². The largest absolute Gasteiger partial charge is 0.508 e. The average Bonchev–Trinajstić information content (AvgIpc) is 2.77. The Bertz CT molecular complexity index is 1070. The van der Waals surface area contributed by atoms with Gasteiger partial charge in [0.2, 0.25) is 0 Å². The molecule has 0 bridgehead atoms. The fourth-order valence-corrected chi connectivity index (χ4v) is 3.99. The van der Waals surface area contributed by atoms with Crippen LogP contribution in [-0.4, -0.2) is 23.3 Å². The molecule has 4 nitrogen and oxygen atoms in total. The molecule has 1 atom stereocenters. The van der Waals surface area contributed by atoms with Crippen molar-refractivity contribution in [2.45, 2.75) is 19.5 Å². The number of hydrogen-bond acceptors (Lipinski definition) is 4. The Hall–Kier alpha value is -3.24. The lowest BCUT2D eigenvalue weighted by atomic mass is 9.98. The minimum absolute atomic E-state index is 0.263. The molecule has 0 saturated heterocycles. The minimum atomic E-state index is 0.263. The van der Waals surface area contributed by atoms with Gasteiger partial charge in [-0.25, -0.2) is 0 Å². The first-order chi connectivity index (χ1) is 14.2. The zero-order chi connectivity index (χ0) is 19.8. The van der Waals surface area contributed by atoms with Gasteiger partial charge in [0.1, 0.15) is 30.6 Å². The molecule has 0 aliphatic carbocycles. The highest BCUT2D eigenvalue weighted by molar-refractivity contribution is 5.86. The van der Waals surface area contributed by atoms with E-state index < -0.39 is 0 Å². The molecule has 5 rings (SSSR count). The number of phenolic OH excluding ortho intramolecular Hbond substituents is 1. The van der Waals surface area contributed by atoms with E-state index in [-0.39, 0.29) is 11.8 Å². The lowest BCUT2D eigenvalue weighted by molar-refractivity contribution is 0.0614. The van der Waals surface area contributed by atoms with Crippen LogP contribution in [0.3, 0.4) is 0 Å². The summed E-state index contributed by atoms with van der Waals surface area (Å²) in [5.74, 6) is 2.00. The van der Waals surface area contributed by atoms with Gasteiger partial charge in [-0.3, -0.25) is 4.90 Å². The summed E-state index contributed by atoms with van der Waals surface area (Å²) in [4.78, 5) is 2.33. The molecule has 0 aromatic heterocycles. The highest BCUT2D eigenvalue weighted by Gasteiger charge is 2.25. The third-order valence-electron chi connectivity index (χ3n) is 5.71. The van der Waals surface area contributed by atoms with E-state index in [9.17, 15) is 5.11 Å². The molecule has 29 heavy (non-hydrogen) atoms. The van der Waals surface area contributed by atoms with E-state index in [0.717, 1.165) is 40.3 Å². The van der Waals surface area contributed by atoms with Crippen molar-refractivity contribution in [1.29, 1.82) is 0 Å². The van der Waals surface area contributed by atoms with Crippen molar-refractivity contribution >= 4 is 11.6 Å². The van der Waals surface area contributed by atoms with Crippen molar-refractivity contribution in [3.8, 4) is 17.2 Å². The second kappa shape index (κ2) is 7.30. The number of phenols is 1. The van der Waals surface area contributed by atoms with E-state index in [1.807, 2.05) is 24.3 Å². The normalized spacial score (nSPS) is 16.7. The second-order valence-corrected chi connectivity index (χ2v) is 7.61. The van der Waals surface area contributed by atoms with Crippen LogP contribution in [0, 0.1) is 0 Å². The molecule has 3 aromatic rings. The van der Waals surface area contributed by atoms with Gasteiger partial charge in [0.05, 0.1) is 0 Å². The SMILES string of the molecule is CC(c1ccccc1)N1COc2cc3c(cc2C1)C=C(c1cccc(O)c1)CO3. The predicted octanol–water partition coefficient (Wildman–Crippen LogP) is 5.24. The molecule has 2 aliphatic heterocycles. The van der Waals surface area contributed by atoms with E-state index >= 15 is 0 Å². The van der Waals surface area contributed by atoms with Crippen LogP contribution in [0.5, 0.6) is 17.2 Å². The Morgan fingerprint density at radius 3 is 2.62 bits per heavy atom. The third-order valence-corrected chi connectivity index (χ3v) is 5.71. The first-order valence-corrected chi connectivity index (χ1v) is 9.89. The van der Waals surface area contributed by atoms with E-state index in [1.54, 1.807) is 12.1 Å². The maximum atomic E-state index is 9.78. The second-order valence-electron chi connectivity index (χ2n) is 7.61. The predicted molar refractivity (Wildman–Crippen MR) is 114 cm³/mol. The minimum Gasteiger partial charge on any atom is -0.508 e. The number of ether oxygens (including phenoxy) is 2. The molecule has 0 saturated carbocycles. The monoisotopic (exact) mass is 385 g/mol. The Labute approximate surface area is 170 Å². The topological polar surface area (TPSA) is 41.9 Å². The summed E-state index contributed by atoms with van der Waals surface area (Å²) < 4.78 is 12.1. The fraction of sp³-hybridized carbons (Fsp3) is 0.200. The number of nitrogens with zero attached hydrogens (tertiary/aromatic N) is 1. The van der Waals surface area contributed by atoms with Crippen molar-refractivity contribution in [1.82, 2.24) is 4.90 Å². The van der Waals surface area contributed by atoms with Gasteiger partial charge in [-0.2, -0.15) is 0 Å². The van der Waals surface area contributed by atoms with Crippen LogP contribution in [0.2, 0.25) is 0 Å². The molecule has 3 aromatic carbocycles. The highest BCUT2D eigenvalue weighted by atomic mass is 16.5. The molecule has 0 fully saturated rings. The van der Waals surface area contributed by atoms with Crippen LogP contribution in [0.15, 0.2) is 66.7 Å². The Morgan fingerprint density at radius 1 is 0.931 bits per heavy atom. The van der Waals surface area contributed by atoms with Gasteiger partial charge in [-0.05, 0) is 47.9 Å². The van der Waals surface area contributed by atoms with Crippen molar-refractivity contribution in [2.75, 3.05) is 13.3 Å². The summed E-state index contributed by atoms with van der Waals surface area (Å²) in [6.07, 6.45) is 2.15. The van der Waals surface area contributed by atoms with E-state index in [0.29, 0.717) is 13.3 Å². The van der Waals surface area contributed by atoms with Crippen molar-refractivity contribution < 1.29 is 14.6 Å². The van der Waals surface area contributed by atoms with Gasteiger partial charge in [0.15, 0.2) is 0 Å². The molecule has 2 aliphatic rings. The van der Waals surface area contributed by atoms with Crippen LogP contribution >= 0.6 is 0 Å². The van der Waals surface area contributed by atoms with Crippen LogP contribution < -0.4 is 9.47 Å². The summed E-state index contributed by atoms with van der Waals surface area (Å²) in [6.45, 7) is 4.08. The lowest BCUT2D eigenvalue weighted by Crippen LogP contribution is -2.34. The maximum absolute atomic E-state index is 9.78. The standard InChI is InChI=1S/C25H23NO3/c1-17(18-6-3-2-4-7-18)26-14-21-10-20-11-22(19-8-5-9-23(27)12-19)15-28-24(20)13-25(21)29-16-26/h2-13,17,27H,14-16H2,1H3. The molecule has 4 heteroatoms. The zero-order valence-corrected chi connectivity index (χ0v) is 16.3. The summed E-state index contributed by atoms with van der Waals surface area (Å²) in [5, 5.41) is 9.78. The maximum Gasteiger partial charge on any atom is 0.142 e. The molecular formula is C25H23NO3. The van der Waals surface area contributed by atoms with Crippen LogP contribution in [0.1, 0.15) is 35.2 Å². The van der Waals surface area contributed by atoms with Gasteiger partial charge in [-0.1, -0.05) is 42.5 Å². The number of aromatic hydroxyl groups is 1. The lowest BCUT2D eigenvalue weighted by Gasteiger charge is -2.34. The summed E-state index contributed by atoms with van der Waals surface area (Å²) in [5.41, 5.74) is 5.52. The van der Waals surface area contributed by atoms with Crippen molar-refractivity contribution in [3.05, 3.63) is 89.0 Å². The first kappa shape index (κ1) is 17.8. The number of fused-ring (bicyclic) bond motifs is 2. The summed E-state index contributed by atoms with van der Waals surface area (Å²) in [6, 6.07) is 22.2. The van der Waals surface area contributed by atoms with E-state index in [4.69, 9.17) is 9.47 Å². The third kappa shape index (κ3) is 3.47. The van der Waals surface area contributed by atoms with Crippen LogP contribution in [-0.2, 0) is 6.54 Å². The average molecular weight is 385 g/mol. The Kier molecular flexibility index (Phi) is 4.49. The quantitative estimate of drug-likeness (QED) is 0.670. The summed E-state index contributed by atoms with van der Waals surface area (Å²) >= 11 is 0. The van der Waals surface area contributed by atoms with Crippen LogP contribution in [0.25, 0.3) is 11.6 Å². The number of benzene rings is 3. The molecule has 2 heterocycles. The highest BCUT2D eigenvalue weighted by Crippen LogP contribution is 2.39. The number of rotatable bonds is 3. The molecule has 0 spiro atoms. The first-order valence-electron chi connectivity index (χ1n) is 9.89. The fourth-order valence-electron chi connectivity index (χ4n) is 3.99. The van der Waals surface area contributed by atoms with Gasteiger partial charge in [0, 0.05) is 29.8 Å². The number of hydrogen-bond donors (Lipinski definition) is 1. The Balaban J connectivity index is 1.44.